The highest BCUT2D eigenvalue weighted by molar-refractivity contribution is 7.15. The van der Waals surface area contributed by atoms with Crippen LogP contribution in [0.3, 0.4) is 0 Å². The molecule has 0 spiro atoms. The van der Waals surface area contributed by atoms with E-state index in [0.29, 0.717) is 42.5 Å². The van der Waals surface area contributed by atoms with Gasteiger partial charge in [-0.1, -0.05) is 23.2 Å². The number of aromatic amines is 1. The van der Waals surface area contributed by atoms with Crippen LogP contribution in [0.2, 0.25) is 10.0 Å². The van der Waals surface area contributed by atoms with Gasteiger partial charge in [-0.05, 0) is 58.0 Å². The minimum Gasteiger partial charge on any atom is -0.349 e. The summed E-state index contributed by atoms with van der Waals surface area (Å²) in [6.45, 7) is 7.06. The molecule has 0 saturated carbocycles. The van der Waals surface area contributed by atoms with Crippen molar-refractivity contribution in [2.24, 2.45) is 5.10 Å². The molecule has 168 valence electrons. The third-order valence-corrected chi connectivity index (χ3v) is 6.21. The van der Waals surface area contributed by atoms with Crippen molar-refractivity contribution in [1.82, 2.24) is 20.5 Å². The average Bonchev–Trinajstić information content (AvgIpc) is 3.33. The predicted molar refractivity (Wildman–Crippen MR) is 128 cm³/mol. The highest BCUT2D eigenvalue weighted by atomic mass is 35.5. The van der Waals surface area contributed by atoms with Crippen LogP contribution in [0.4, 0.5) is 0 Å². The minimum absolute atomic E-state index is 0.00772. The maximum absolute atomic E-state index is 12.9. The normalized spacial score (nSPS) is 11.7. The average molecular weight is 494 g/mol. The summed E-state index contributed by atoms with van der Waals surface area (Å²) in [5.74, 6) is -0.717. The molecule has 11 heteroatoms. The molecule has 0 aliphatic heterocycles. The van der Waals surface area contributed by atoms with Crippen LogP contribution >= 0.6 is 34.5 Å². The zero-order valence-corrected chi connectivity index (χ0v) is 20.1. The Morgan fingerprint density at radius 2 is 1.75 bits per heavy atom. The summed E-state index contributed by atoms with van der Waals surface area (Å²) in [7, 11) is 0. The lowest BCUT2D eigenvalue weighted by atomic mass is 10.2. The summed E-state index contributed by atoms with van der Waals surface area (Å²) in [6, 6.07) is 7.96. The number of carbonyl (C=O) groups excluding carboxylic acids is 2. The summed E-state index contributed by atoms with van der Waals surface area (Å²) in [5, 5.41) is 10.5. The Kier molecular flexibility index (Phi) is 7.22. The van der Waals surface area contributed by atoms with Crippen LogP contribution in [0.15, 0.2) is 40.2 Å². The van der Waals surface area contributed by atoms with E-state index >= 15 is 0 Å². The van der Waals surface area contributed by atoms with Gasteiger partial charge in [0.25, 0.3) is 17.4 Å². The van der Waals surface area contributed by atoms with E-state index in [2.05, 4.69) is 20.9 Å². The topological polar surface area (TPSA) is 108 Å². The molecule has 0 saturated heterocycles. The van der Waals surface area contributed by atoms with Crippen molar-refractivity contribution >= 4 is 52.1 Å². The SMILES string of the molecule is C/C(=N\NC(=O)c1ccc(C(=O)NC(C)C)s1)c1c(C)[nH]n(-c2ccc(Cl)c(Cl)c2)c1=O. The maximum Gasteiger partial charge on any atom is 0.281 e. The van der Waals surface area contributed by atoms with Crippen molar-refractivity contribution in [1.29, 1.82) is 0 Å². The van der Waals surface area contributed by atoms with Crippen LogP contribution < -0.4 is 16.3 Å². The standard InChI is InChI=1S/C21H21Cl2N5O3S/c1-10(2)24-19(29)16-7-8-17(32-16)20(30)26-25-11(3)18-12(4)27-28(21(18)31)13-5-6-14(22)15(23)9-13/h5-10,27H,1-4H3,(H,24,29)(H,26,30)/b25-11+. The summed E-state index contributed by atoms with van der Waals surface area (Å²) >= 11 is 13.1. The van der Waals surface area contributed by atoms with Crippen molar-refractivity contribution in [2.75, 3.05) is 0 Å². The summed E-state index contributed by atoms with van der Waals surface area (Å²) < 4.78 is 1.33. The monoisotopic (exact) mass is 493 g/mol. The van der Waals surface area contributed by atoms with E-state index in [1.54, 1.807) is 44.2 Å². The van der Waals surface area contributed by atoms with E-state index in [-0.39, 0.29) is 17.5 Å². The molecule has 0 atom stereocenters. The van der Waals surface area contributed by atoms with E-state index in [9.17, 15) is 14.4 Å². The highest BCUT2D eigenvalue weighted by Crippen LogP contribution is 2.24. The van der Waals surface area contributed by atoms with E-state index in [1.165, 1.54) is 4.68 Å². The van der Waals surface area contributed by atoms with Crippen LogP contribution in [0.25, 0.3) is 5.69 Å². The first-order chi connectivity index (χ1) is 15.1. The van der Waals surface area contributed by atoms with Gasteiger partial charge in [0.2, 0.25) is 0 Å². The number of amides is 2. The fraction of sp³-hybridized carbons (Fsp3) is 0.238. The largest absolute Gasteiger partial charge is 0.349 e. The van der Waals surface area contributed by atoms with Gasteiger partial charge in [-0.25, -0.2) is 10.1 Å². The molecular weight excluding hydrogens is 473 g/mol. The molecule has 2 aromatic heterocycles. The molecule has 0 bridgehead atoms. The van der Waals surface area contributed by atoms with Crippen LogP contribution in [0.1, 0.15) is 51.4 Å². The first-order valence-electron chi connectivity index (χ1n) is 9.61. The van der Waals surface area contributed by atoms with Gasteiger partial charge in [-0.15, -0.1) is 11.3 Å². The number of nitrogens with one attached hydrogen (secondary N) is 3. The van der Waals surface area contributed by atoms with Crippen molar-refractivity contribution < 1.29 is 9.59 Å². The lowest BCUT2D eigenvalue weighted by Crippen LogP contribution is -2.29. The maximum atomic E-state index is 12.9. The molecule has 0 aliphatic carbocycles. The molecule has 0 radical (unpaired) electrons. The lowest BCUT2D eigenvalue weighted by molar-refractivity contribution is 0.0944. The molecule has 2 heterocycles. The molecule has 3 rings (SSSR count). The van der Waals surface area contributed by atoms with Gasteiger partial charge in [0.05, 0.1) is 36.8 Å². The fourth-order valence-electron chi connectivity index (χ4n) is 2.94. The van der Waals surface area contributed by atoms with Gasteiger partial charge in [0.1, 0.15) is 0 Å². The number of thiophene rings is 1. The van der Waals surface area contributed by atoms with Gasteiger partial charge >= 0.3 is 0 Å². The van der Waals surface area contributed by atoms with Gasteiger partial charge in [-0.2, -0.15) is 5.10 Å². The first-order valence-corrected chi connectivity index (χ1v) is 11.2. The van der Waals surface area contributed by atoms with Crippen molar-refractivity contribution in [3.63, 3.8) is 0 Å². The van der Waals surface area contributed by atoms with E-state index in [1.807, 2.05) is 13.8 Å². The quantitative estimate of drug-likeness (QED) is 0.354. The lowest BCUT2D eigenvalue weighted by Gasteiger charge is -2.05. The second-order valence-corrected chi connectivity index (χ2v) is 9.18. The first kappa shape index (κ1) is 23.8. The zero-order valence-electron chi connectivity index (χ0n) is 17.7. The molecule has 0 fully saturated rings. The Hall–Kier alpha value is -2.88. The van der Waals surface area contributed by atoms with Crippen molar-refractivity contribution in [3.8, 4) is 5.69 Å². The van der Waals surface area contributed by atoms with Crippen LogP contribution in [0, 0.1) is 6.92 Å². The zero-order chi connectivity index (χ0) is 23.6. The summed E-state index contributed by atoms with van der Waals surface area (Å²) in [5.41, 5.74) is 3.82. The number of H-pyrrole nitrogens is 1. The second kappa shape index (κ2) is 9.72. The number of hydrazone groups is 1. The van der Waals surface area contributed by atoms with Crippen LogP contribution in [0.5, 0.6) is 0 Å². The Morgan fingerprint density at radius 1 is 1.09 bits per heavy atom. The summed E-state index contributed by atoms with van der Waals surface area (Å²) in [4.78, 5) is 38.2. The van der Waals surface area contributed by atoms with Gasteiger partial charge in [0.15, 0.2) is 0 Å². The van der Waals surface area contributed by atoms with Gasteiger partial charge in [-0.3, -0.25) is 19.5 Å². The van der Waals surface area contributed by atoms with Gasteiger partial charge in [0, 0.05) is 11.7 Å². The molecule has 3 N–H and O–H groups in total. The molecule has 0 unspecified atom stereocenters. The number of aromatic nitrogens is 2. The second-order valence-electron chi connectivity index (χ2n) is 7.28. The van der Waals surface area contributed by atoms with E-state index in [0.717, 1.165) is 11.3 Å². The number of aryl methyl sites for hydroxylation is 1. The van der Waals surface area contributed by atoms with Crippen molar-refractivity contribution in [3.05, 3.63) is 71.7 Å². The molecule has 8 nitrogen and oxygen atoms in total. The summed E-state index contributed by atoms with van der Waals surface area (Å²) in [6.07, 6.45) is 0. The molecule has 2 amide bonds. The number of nitrogens with zero attached hydrogens (tertiary/aromatic N) is 2. The molecule has 3 aromatic rings. The highest BCUT2D eigenvalue weighted by Gasteiger charge is 2.17. The molecule has 32 heavy (non-hydrogen) atoms. The third-order valence-electron chi connectivity index (χ3n) is 4.39. The number of carbonyl (C=O) groups is 2. The Balaban J connectivity index is 1.79. The van der Waals surface area contributed by atoms with E-state index in [4.69, 9.17) is 23.2 Å². The molecular formula is C21H21Cl2N5O3S. The fourth-order valence-corrected chi connectivity index (χ4v) is 4.03. The van der Waals surface area contributed by atoms with Crippen molar-refractivity contribution in [2.45, 2.75) is 33.7 Å². The predicted octanol–water partition coefficient (Wildman–Crippen LogP) is 4.13. The number of hydrogen-bond donors (Lipinski definition) is 3. The number of hydrogen-bond acceptors (Lipinski definition) is 5. The Morgan fingerprint density at radius 3 is 2.38 bits per heavy atom. The smallest absolute Gasteiger partial charge is 0.281 e. The Bertz CT molecular complexity index is 1270. The third kappa shape index (κ3) is 5.12. The Labute approximate surface area is 198 Å². The number of halogens is 2. The van der Waals surface area contributed by atoms with Gasteiger partial charge < -0.3 is 5.32 Å². The van der Waals surface area contributed by atoms with Crippen LogP contribution in [-0.4, -0.2) is 33.3 Å². The van der Waals surface area contributed by atoms with E-state index < -0.39 is 5.91 Å². The molecule has 0 aliphatic rings. The number of rotatable bonds is 6. The molecule has 1 aromatic carbocycles. The number of benzene rings is 1. The minimum atomic E-state index is -0.476. The van der Waals surface area contributed by atoms with Crippen LogP contribution in [-0.2, 0) is 0 Å².